The van der Waals surface area contributed by atoms with Gasteiger partial charge in [-0.25, -0.2) is 0 Å². The molecule has 0 saturated heterocycles. The molecule has 0 radical (unpaired) electrons. The van der Waals surface area contributed by atoms with Crippen LogP contribution in [0, 0.1) is 0 Å². The monoisotopic (exact) mass is 754 g/mol. The van der Waals surface area contributed by atoms with Gasteiger partial charge in [0.2, 0.25) is 0 Å². The van der Waals surface area contributed by atoms with E-state index < -0.39 is 5.41 Å². The highest BCUT2D eigenvalue weighted by atomic mass is 32.1. The van der Waals surface area contributed by atoms with E-state index in [1.54, 1.807) is 0 Å². The maximum absolute atomic E-state index is 2.58. The van der Waals surface area contributed by atoms with Gasteiger partial charge in [-0.1, -0.05) is 164 Å². The number of hydrogen-bond donors (Lipinski definition) is 0. The van der Waals surface area contributed by atoms with Gasteiger partial charge < -0.3 is 9.13 Å². The van der Waals surface area contributed by atoms with Crippen molar-refractivity contribution in [1.29, 1.82) is 0 Å². The molecule has 3 heteroatoms. The molecule has 0 amide bonds. The van der Waals surface area contributed by atoms with Gasteiger partial charge >= 0.3 is 0 Å². The fraction of sp³-hybridized carbons (Fsp3) is 0.0182. The smallest absolute Gasteiger partial charge is 0.0727 e. The Kier molecular flexibility index (Phi) is 6.56. The molecule has 0 N–H and O–H groups in total. The molecule has 12 aromatic rings. The van der Waals surface area contributed by atoms with Crippen molar-refractivity contribution < 1.29 is 0 Å². The molecule has 0 bridgehead atoms. The highest BCUT2D eigenvalue weighted by molar-refractivity contribution is 7.27. The summed E-state index contributed by atoms with van der Waals surface area (Å²) in [5, 5.41) is 7.74. The maximum atomic E-state index is 2.58. The van der Waals surface area contributed by atoms with Gasteiger partial charge in [0.25, 0.3) is 0 Å². The van der Waals surface area contributed by atoms with Crippen molar-refractivity contribution in [1.82, 2.24) is 9.13 Å². The van der Waals surface area contributed by atoms with Crippen LogP contribution in [0.15, 0.2) is 206 Å². The molecular weight excluding hydrogens is 721 g/mol. The van der Waals surface area contributed by atoms with Crippen LogP contribution in [0.25, 0.3) is 86.3 Å². The minimum Gasteiger partial charge on any atom is -0.309 e. The van der Waals surface area contributed by atoms with Crippen molar-refractivity contribution >= 4 is 75.1 Å². The average Bonchev–Trinajstić information content (AvgIpc) is 4.03. The van der Waals surface area contributed by atoms with E-state index >= 15 is 0 Å². The normalized spacial score (nSPS) is 13.3. The van der Waals surface area contributed by atoms with Gasteiger partial charge in [-0.05, 0) is 75.8 Å². The summed E-state index contributed by atoms with van der Waals surface area (Å²) in [6, 6.07) is 76.5. The molecule has 1 aliphatic rings. The minimum atomic E-state index is -0.494. The number of fused-ring (bicyclic) bond motifs is 15. The third kappa shape index (κ3) is 4.06. The predicted octanol–water partition coefficient (Wildman–Crippen LogP) is 14.6. The first-order valence-electron chi connectivity index (χ1n) is 20.0. The zero-order chi connectivity index (χ0) is 38.0. The summed E-state index contributed by atoms with van der Waals surface area (Å²) >= 11 is 1.92. The Morgan fingerprint density at radius 2 is 0.879 bits per heavy atom. The van der Waals surface area contributed by atoms with Crippen LogP contribution in [-0.2, 0) is 5.41 Å². The Hall–Kier alpha value is -7.20. The third-order valence-corrected chi connectivity index (χ3v) is 13.9. The minimum absolute atomic E-state index is 0.494. The quantitative estimate of drug-likeness (QED) is 0.169. The van der Waals surface area contributed by atoms with E-state index in [1.165, 1.54) is 109 Å². The fourth-order valence-corrected chi connectivity index (χ4v) is 11.8. The van der Waals surface area contributed by atoms with Gasteiger partial charge in [-0.15, -0.1) is 11.3 Å². The van der Waals surface area contributed by atoms with Gasteiger partial charge in [-0.3, -0.25) is 0 Å². The Morgan fingerprint density at radius 1 is 0.362 bits per heavy atom. The number of benzene rings is 9. The van der Waals surface area contributed by atoms with E-state index in [9.17, 15) is 0 Å². The van der Waals surface area contributed by atoms with E-state index in [0.717, 1.165) is 0 Å². The second kappa shape index (κ2) is 11.9. The molecule has 1 aliphatic carbocycles. The van der Waals surface area contributed by atoms with Crippen molar-refractivity contribution in [2.75, 3.05) is 0 Å². The van der Waals surface area contributed by atoms with Crippen LogP contribution in [0.4, 0.5) is 0 Å². The molecule has 0 spiro atoms. The lowest BCUT2D eigenvalue weighted by molar-refractivity contribution is 0.767. The molecule has 3 aromatic heterocycles. The molecule has 0 unspecified atom stereocenters. The Morgan fingerprint density at radius 3 is 1.57 bits per heavy atom. The van der Waals surface area contributed by atoms with Crippen LogP contribution >= 0.6 is 11.3 Å². The predicted molar refractivity (Wildman–Crippen MR) is 245 cm³/mol. The van der Waals surface area contributed by atoms with E-state index in [-0.39, 0.29) is 0 Å². The molecule has 0 fully saturated rings. The largest absolute Gasteiger partial charge is 0.309 e. The summed E-state index contributed by atoms with van der Waals surface area (Å²) in [6.45, 7) is 0. The first-order valence-corrected chi connectivity index (χ1v) is 20.8. The molecule has 270 valence electrons. The summed E-state index contributed by atoms with van der Waals surface area (Å²) in [5.41, 5.74) is 14.6. The molecule has 0 atom stereocenters. The summed E-state index contributed by atoms with van der Waals surface area (Å²) < 4.78 is 7.70. The maximum Gasteiger partial charge on any atom is 0.0727 e. The van der Waals surface area contributed by atoms with Crippen molar-refractivity contribution in [2.24, 2.45) is 0 Å². The third-order valence-electron chi connectivity index (χ3n) is 12.8. The van der Waals surface area contributed by atoms with Crippen LogP contribution < -0.4 is 0 Å². The summed E-state index contributed by atoms with van der Waals surface area (Å²) in [7, 11) is 0. The van der Waals surface area contributed by atoms with Gasteiger partial charge in [0.05, 0.1) is 32.2 Å². The second-order valence-electron chi connectivity index (χ2n) is 15.5. The average molecular weight is 755 g/mol. The lowest BCUT2D eigenvalue weighted by Crippen LogP contribution is -2.28. The molecule has 3 heterocycles. The van der Waals surface area contributed by atoms with Crippen LogP contribution in [-0.4, -0.2) is 9.13 Å². The first-order chi connectivity index (χ1) is 28.8. The number of rotatable bonds is 4. The zero-order valence-electron chi connectivity index (χ0n) is 31.4. The highest BCUT2D eigenvalue weighted by Crippen LogP contribution is 2.57. The molecule has 0 aliphatic heterocycles. The molecule has 9 aromatic carbocycles. The van der Waals surface area contributed by atoms with Gasteiger partial charge in [0, 0.05) is 48.4 Å². The SMILES string of the molecule is c1ccc(-n2c3ccccc3c3c4c5ccccc5n(-c5ccc6c(c5)C(c5ccccc5)(c5ccccc5)c5ccccc5-6)c4c4sc5ccccc5c4c32)cc1. The number of para-hydroxylation sites is 3. The fourth-order valence-electron chi connectivity index (χ4n) is 10.6. The molecular formula is C55H34N2S. The Bertz CT molecular complexity index is 3570. The van der Waals surface area contributed by atoms with Crippen molar-refractivity contribution in [3.63, 3.8) is 0 Å². The van der Waals surface area contributed by atoms with E-state index in [2.05, 4.69) is 215 Å². The van der Waals surface area contributed by atoms with Crippen molar-refractivity contribution in [2.45, 2.75) is 5.41 Å². The second-order valence-corrected chi connectivity index (χ2v) is 16.6. The van der Waals surface area contributed by atoms with E-state index in [1.807, 2.05) is 11.3 Å². The number of hydrogen-bond acceptors (Lipinski definition) is 1. The Balaban J connectivity index is 1.23. The lowest BCUT2D eigenvalue weighted by atomic mass is 9.67. The van der Waals surface area contributed by atoms with Crippen LogP contribution in [0.3, 0.4) is 0 Å². The van der Waals surface area contributed by atoms with Gasteiger partial charge in [0.1, 0.15) is 0 Å². The van der Waals surface area contributed by atoms with E-state index in [0.29, 0.717) is 0 Å². The number of aromatic nitrogens is 2. The van der Waals surface area contributed by atoms with Crippen molar-refractivity contribution in [3.8, 4) is 22.5 Å². The van der Waals surface area contributed by atoms with Crippen LogP contribution in [0.2, 0.25) is 0 Å². The topological polar surface area (TPSA) is 9.86 Å². The van der Waals surface area contributed by atoms with Crippen molar-refractivity contribution in [3.05, 3.63) is 229 Å². The lowest BCUT2D eigenvalue weighted by Gasteiger charge is -2.34. The molecule has 0 saturated carbocycles. The summed E-state index contributed by atoms with van der Waals surface area (Å²) in [6.07, 6.45) is 0. The molecule has 2 nitrogen and oxygen atoms in total. The van der Waals surface area contributed by atoms with Crippen LogP contribution in [0.1, 0.15) is 22.3 Å². The number of thiophene rings is 1. The van der Waals surface area contributed by atoms with Crippen LogP contribution in [0.5, 0.6) is 0 Å². The highest BCUT2D eigenvalue weighted by Gasteiger charge is 2.46. The van der Waals surface area contributed by atoms with Gasteiger partial charge in [0.15, 0.2) is 0 Å². The zero-order valence-corrected chi connectivity index (χ0v) is 32.2. The molecule has 58 heavy (non-hydrogen) atoms. The molecule has 13 rings (SSSR count). The standard InChI is InChI=1S/C55H34N2S/c1-4-18-35(19-5-1)55(36-20-6-2-7-21-36)44-28-14-10-24-39(44)40-33-32-38(34-45(40)55)57-47-30-16-12-26-42(47)50-49-41-25-11-15-29-46(41)56(37-22-8-3-9-23-37)52(49)51-43-27-13-17-31-48(43)58-54(51)53(50)57/h1-34H. The number of nitrogens with zero attached hydrogens (tertiary/aromatic N) is 2. The van der Waals surface area contributed by atoms with E-state index in [4.69, 9.17) is 0 Å². The summed E-state index contributed by atoms with van der Waals surface area (Å²) in [4.78, 5) is 0. The Labute approximate surface area is 339 Å². The van der Waals surface area contributed by atoms with Gasteiger partial charge in [-0.2, -0.15) is 0 Å². The first kappa shape index (κ1) is 31.9. The summed E-state index contributed by atoms with van der Waals surface area (Å²) in [5.74, 6) is 0.